The molecule has 0 aromatic heterocycles. The lowest BCUT2D eigenvalue weighted by atomic mass is 10.1. The van der Waals surface area contributed by atoms with E-state index in [1.54, 1.807) is 19.2 Å². The van der Waals surface area contributed by atoms with Gasteiger partial charge in [0.25, 0.3) is 0 Å². The Bertz CT molecular complexity index is 645. The Labute approximate surface area is 186 Å². The molecule has 29 heavy (non-hydrogen) atoms. The number of halogens is 5. The molecule has 1 saturated heterocycles. The van der Waals surface area contributed by atoms with Crippen molar-refractivity contribution in [1.82, 2.24) is 15.5 Å². The molecule has 1 aromatic carbocycles. The average molecular weight is 532 g/mol. The maximum absolute atomic E-state index is 13.3. The van der Waals surface area contributed by atoms with Gasteiger partial charge < -0.3 is 15.4 Å². The number of hydrogen-bond acceptors (Lipinski definition) is 3. The SMILES string of the molecule is CCC(CNC(=NC)NCC1CCN(CC(F)(F)F)C1)Oc1cccc(F)c1.I. The summed E-state index contributed by atoms with van der Waals surface area (Å²) in [6, 6.07) is 5.99. The first-order chi connectivity index (χ1) is 13.3. The number of benzene rings is 1. The molecule has 2 N–H and O–H groups in total. The Morgan fingerprint density at radius 1 is 1.34 bits per heavy atom. The highest BCUT2D eigenvalue weighted by atomic mass is 127. The normalized spacial score (nSPS) is 18.8. The molecule has 5 nitrogen and oxygen atoms in total. The van der Waals surface area contributed by atoms with Gasteiger partial charge in [-0.1, -0.05) is 13.0 Å². The summed E-state index contributed by atoms with van der Waals surface area (Å²) in [5, 5.41) is 6.32. The van der Waals surface area contributed by atoms with Crippen molar-refractivity contribution in [1.29, 1.82) is 0 Å². The number of aliphatic imine (C=N–C) groups is 1. The van der Waals surface area contributed by atoms with Crippen LogP contribution < -0.4 is 15.4 Å². The van der Waals surface area contributed by atoms with Gasteiger partial charge in [-0.15, -0.1) is 24.0 Å². The van der Waals surface area contributed by atoms with Gasteiger partial charge in [-0.25, -0.2) is 4.39 Å². The van der Waals surface area contributed by atoms with Crippen molar-refractivity contribution in [3.63, 3.8) is 0 Å². The Morgan fingerprint density at radius 3 is 2.72 bits per heavy atom. The second kappa shape index (κ2) is 12.4. The fourth-order valence-corrected chi connectivity index (χ4v) is 3.15. The fraction of sp³-hybridized carbons (Fsp3) is 0.632. The van der Waals surface area contributed by atoms with Crippen LogP contribution in [-0.4, -0.2) is 62.9 Å². The van der Waals surface area contributed by atoms with Crippen molar-refractivity contribution in [3.05, 3.63) is 30.1 Å². The standard InChI is InChI=1S/C19H28F4N4O.HI/c1-3-16(28-17-6-4-5-15(20)9-17)11-26-18(24-2)25-10-14-7-8-27(12-14)13-19(21,22)23;/h4-6,9,14,16H,3,7-8,10-13H2,1-2H3,(H2,24,25,26);1H. The highest BCUT2D eigenvalue weighted by Gasteiger charge is 2.34. The van der Waals surface area contributed by atoms with Gasteiger partial charge >= 0.3 is 6.18 Å². The molecule has 0 radical (unpaired) electrons. The summed E-state index contributed by atoms with van der Waals surface area (Å²) in [6.45, 7) is 3.01. The first kappa shape index (κ1) is 25.7. The van der Waals surface area contributed by atoms with E-state index < -0.39 is 12.7 Å². The number of likely N-dealkylation sites (tertiary alicyclic amines) is 1. The molecular formula is C19H29F4IN4O. The predicted octanol–water partition coefficient (Wildman–Crippen LogP) is 3.65. The molecule has 0 saturated carbocycles. The van der Waals surface area contributed by atoms with Gasteiger partial charge in [0.2, 0.25) is 0 Å². The first-order valence-corrected chi connectivity index (χ1v) is 9.45. The molecule has 166 valence electrons. The van der Waals surface area contributed by atoms with Crippen LogP contribution in [0, 0.1) is 11.7 Å². The molecule has 2 unspecified atom stereocenters. The fourth-order valence-electron chi connectivity index (χ4n) is 3.15. The zero-order valence-corrected chi connectivity index (χ0v) is 19.0. The molecule has 0 spiro atoms. The summed E-state index contributed by atoms with van der Waals surface area (Å²) < 4.78 is 56.5. The molecule has 2 rings (SSSR count). The molecule has 1 heterocycles. The minimum absolute atomic E-state index is 0. The maximum atomic E-state index is 13.3. The van der Waals surface area contributed by atoms with Gasteiger partial charge in [-0.2, -0.15) is 13.2 Å². The Kier molecular flexibility index (Phi) is 11.0. The summed E-state index contributed by atoms with van der Waals surface area (Å²) in [4.78, 5) is 5.57. The van der Waals surface area contributed by atoms with Crippen LogP contribution in [0.15, 0.2) is 29.3 Å². The van der Waals surface area contributed by atoms with Crippen molar-refractivity contribution < 1.29 is 22.3 Å². The van der Waals surface area contributed by atoms with Gasteiger partial charge in [0.1, 0.15) is 17.7 Å². The van der Waals surface area contributed by atoms with E-state index in [0.717, 1.165) is 12.8 Å². The van der Waals surface area contributed by atoms with Crippen LogP contribution in [0.3, 0.4) is 0 Å². The van der Waals surface area contributed by atoms with E-state index in [0.29, 0.717) is 37.9 Å². The molecule has 0 bridgehead atoms. The summed E-state index contributed by atoms with van der Waals surface area (Å²) in [5.74, 6) is 0.822. The Hall–Kier alpha value is -1.30. The number of nitrogens with one attached hydrogen (secondary N) is 2. The van der Waals surface area contributed by atoms with Crippen molar-refractivity contribution in [3.8, 4) is 5.75 Å². The lowest BCUT2D eigenvalue weighted by Crippen LogP contribution is -2.44. The highest BCUT2D eigenvalue weighted by molar-refractivity contribution is 14.0. The third-order valence-corrected chi connectivity index (χ3v) is 4.61. The van der Waals surface area contributed by atoms with Crippen LogP contribution >= 0.6 is 24.0 Å². The van der Waals surface area contributed by atoms with Crippen LogP contribution in [0.25, 0.3) is 0 Å². The zero-order valence-electron chi connectivity index (χ0n) is 16.6. The van der Waals surface area contributed by atoms with Gasteiger partial charge in [0, 0.05) is 26.2 Å². The molecule has 1 aromatic rings. The van der Waals surface area contributed by atoms with Crippen molar-refractivity contribution in [2.24, 2.45) is 10.9 Å². The molecule has 1 aliphatic heterocycles. The number of ether oxygens (including phenoxy) is 1. The monoisotopic (exact) mass is 532 g/mol. The summed E-state index contributed by atoms with van der Waals surface area (Å²) in [7, 11) is 1.63. The molecule has 1 aliphatic rings. The molecular weight excluding hydrogens is 503 g/mol. The van der Waals surface area contributed by atoms with E-state index in [1.807, 2.05) is 6.92 Å². The van der Waals surface area contributed by atoms with Gasteiger partial charge in [0.15, 0.2) is 5.96 Å². The second-order valence-corrected chi connectivity index (χ2v) is 6.94. The van der Waals surface area contributed by atoms with E-state index in [1.165, 1.54) is 17.0 Å². The zero-order chi connectivity index (χ0) is 20.6. The smallest absolute Gasteiger partial charge is 0.401 e. The summed E-state index contributed by atoms with van der Waals surface area (Å²) >= 11 is 0. The average Bonchev–Trinajstić information content (AvgIpc) is 3.06. The van der Waals surface area contributed by atoms with Crippen molar-refractivity contribution in [2.75, 3.05) is 39.8 Å². The van der Waals surface area contributed by atoms with E-state index in [2.05, 4.69) is 15.6 Å². The number of alkyl halides is 3. The van der Waals surface area contributed by atoms with Crippen LogP contribution in [0.1, 0.15) is 19.8 Å². The Morgan fingerprint density at radius 2 is 2.10 bits per heavy atom. The summed E-state index contributed by atoms with van der Waals surface area (Å²) in [6.07, 6.45) is -2.89. The topological polar surface area (TPSA) is 48.9 Å². The van der Waals surface area contributed by atoms with Gasteiger partial charge in [0.05, 0.1) is 13.1 Å². The van der Waals surface area contributed by atoms with E-state index in [9.17, 15) is 17.6 Å². The lowest BCUT2D eigenvalue weighted by Gasteiger charge is -2.21. The van der Waals surface area contributed by atoms with Crippen molar-refractivity contribution in [2.45, 2.75) is 32.0 Å². The minimum Gasteiger partial charge on any atom is -0.489 e. The minimum atomic E-state index is -4.16. The highest BCUT2D eigenvalue weighted by Crippen LogP contribution is 2.22. The quantitative estimate of drug-likeness (QED) is 0.233. The van der Waals surface area contributed by atoms with Crippen molar-refractivity contribution >= 4 is 29.9 Å². The summed E-state index contributed by atoms with van der Waals surface area (Å²) in [5.41, 5.74) is 0. The third-order valence-electron chi connectivity index (χ3n) is 4.61. The van der Waals surface area contributed by atoms with Crippen LogP contribution in [0.5, 0.6) is 5.75 Å². The number of hydrogen-bond donors (Lipinski definition) is 2. The lowest BCUT2D eigenvalue weighted by molar-refractivity contribution is -0.143. The second-order valence-electron chi connectivity index (χ2n) is 6.94. The number of nitrogens with zero attached hydrogens (tertiary/aromatic N) is 2. The molecule has 10 heteroatoms. The van der Waals surface area contributed by atoms with E-state index in [-0.39, 0.29) is 41.8 Å². The van der Waals surface area contributed by atoms with Gasteiger partial charge in [-0.05, 0) is 37.4 Å². The van der Waals surface area contributed by atoms with Crippen LogP contribution in [-0.2, 0) is 0 Å². The van der Waals surface area contributed by atoms with E-state index >= 15 is 0 Å². The molecule has 0 amide bonds. The Balaban J connectivity index is 0.00000420. The molecule has 1 fully saturated rings. The van der Waals surface area contributed by atoms with Crippen LogP contribution in [0.4, 0.5) is 17.6 Å². The van der Waals surface area contributed by atoms with Crippen LogP contribution in [0.2, 0.25) is 0 Å². The third kappa shape index (κ3) is 9.83. The maximum Gasteiger partial charge on any atom is 0.401 e. The molecule has 0 aliphatic carbocycles. The van der Waals surface area contributed by atoms with E-state index in [4.69, 9.17) is 4.74 Å². The van der Waals surface area contributed by atoms with Gasteiger partial charge in [-0.3, -0.25) is 9.89 Å². The predicted molar refractivity (Wildman–Crippen MR) is 116 cm³/mol. The molecule has 2 atom stereocenters. The number of rotatable bonds is 8. The number of guanidine groups is 1. The first-order valence-electron chi connectivity index (χ1n) is 9.45. The largest absolute Gasteiger partial charge is 0.489 e.